The van der Waals surface area contributed by atoms with Gasteiger partial charge in [0.2, 0.25) is 5.91 Å². The van der Waals surface area contributed by atoms with Crippen LogP contribution in [0, 0.1) is 0 Å². The number of H-pyrrole nitrogens is 2. The molecule has 3 aromatic carbocycles. The number of para-hydroxylation sites is 4. The number of nitrogens with one attached hydrogen (secondary N) is 3. The topological polar surface area (TPSA) is 95.7 Å². The third-order valence-corrected chi connectivity index (χ3v) is 5.43. The highest BCUT2D eigenvalue weighted by Crippen LogP contribution is 2.21. The Bertz CT molecular complexity index is 1300. The zero-order valence-corrected chi connectivity index (χ0v) is 17.6. The molecular weight excluding hydrogens is 402 g/mol. The molecule has 7 nitrogen and oxygen atoms in total. The third kappa shape index (κ3) is 4.18. The zero-order valence-electron chi connectivity index (χ0n) is 17.6. The van der Waals surface area contributed by atoms with Crippen LogP contribution in [0.3, 0.4) is 0 Å². The summed E-state index contributed by atoms with van der Waals surface area (Å²) in [5.74, 6) is 2.17. The Morgan fingerprint density at radius 3 is 2.22 bits per heavy atom. The summed E-state index contributed by atoms with van der Waals surface area (Å²) in [6, 6.07) is 22.9. The van der Waals surface area contributed by atoms with E-state index in [4.69, 9.17) is 9.72 Å². The minimum absolute atomic E-state index is 0.0864. The van der Waals surface area contributed by atoms with Crippen LogP contribution in [0.15, 0.2) is 72.8 Å². The summed E-state index contributed by atoms with van der Waals surface area (Å²) in [6.45, 7) is 0. The van der Waals surface area contributed by atoms with Gasteiger partial charge in [-0.25, -0.2) is 9.97 Å². The molecule has 3 N–H and O–H groups in total. The highest BCUT2D eigenvalue weighted by molar-refractivity contribution is 5.80. The van der Waals surface area contributed by atoms with Crippen LogP contribution >= 0.6 is 0 Å². The Morgan fingerprint density at radius 1 is 0.906 bits per heavy atom. The molecule has 0 aliphatic heterocycles. The van der Waals surface area contributed by atoms with Crippen LogP contribution in [-0.2, 0) is 17.6 Å². The van der Waals surface area contributed by atoms with E-state index in [9.17, 15) is 4.79 Å². The number of fused-ring (bicyclic) bond motifs is 2. The van der Waals surface area contributed by atoms with Crippen molar-refractivity contribution in [1.29, 1.82) is 0 Å². The molecule has 0 spiro atoms. The smallest absolute Gasteiger partial charge is 0.225 e. The molecule has 0 aliphatic rings. The van der Waals surface area contributed by atoms with Crippen LogP contribution in [0.2, 0.25) is 0 Å². The first-order chi connectivity index (χ1) is 15.7. The largest absolute Gasteiger partial charge is 0.497 e. The summed E-state index contributed by atoms with van der Waals surface area (Å²) in [4.78, 5) is 29.0. The highest BCUT2D eigenvalue weighted by Gasteiger charge is 2.21. The average molecular weight is 425 g/mol. The molecule has 5 rings (SSSR count). The van der Waals surface area contributed by atoms with E-state index in [0.717, 1.165) is 39.2 Å². The average Bonchev–Trinajstić information content (AvgIpc) is 3.42. The zero-order chi connectivity index (χ0) is 21.9. The van der Waals surface area contributed by atoms with Gasteiger partial charge in [0.05, 0.1) is 41.6 Å². The maximum atomic E-state index is 12.9. The molecule has 32 heavy (non-hydrogen) atoms. The quantitative estimate of drug-likeness (QED) is 0.366. The Balaban J connectivity index is 1.40. The SMILES string of the molecule is COc1ccc(CC(=O)NC(Cc2nc3ccccc3[nH]2)c2nc3ccccc3[nH]2)cc1. The lowest BCUT2D eigenvalue weighted by molar-refractivity contribution is -0.121. The molecule has 0 aliphatic carbocycles. The Hall–Kier alpha value is -4.13. The minimum Gasteiger partial charge on any atom is -0.497 e. The van der Waals surface area contributed by atoms with E-state index in [1.165, 1.54) is 0 Å². The van der Waals surface area contributed by atoms with E-state index in [2.05, 4.69) is 20.3 Å². The second-order valence-electron chi connectivity index (χ2n) is 7.69. The monoisotopic (exact) mass is 425 g/mol. The Morgan fingerprint density at radius 2 is 1.56 bits per heavy atom. The van der Waals surface area contributed by atoms with Crippen molar-refractivity contribution in [3.05, 3.63) is 90.0 Å². The highest BCUT2D eigenvalue weighted by atomic mass is 16.5. The molecule has 2 heterocycles. The number of amides is 1. The van der Waals surface area contributed by atoms with Gasteiger partial charge >= 0.3 is 0 Å². The van der Waals surface area contributed by atoms with Crippen molar-refractivity contribution >= 4 is 28.0 Å². The van der Waals surface area contributed by atoms with E-state index >= 15 is 0 Å². The normalized spacial score (nSPS) is 12.2. The molecule has 0 fully saturated rings. The number of aromatic amines is 2. The summed E-state index contributed by atoms with van der Waals surface area (Å²) < 4.78 is 5.19. The van der Waals surface area contributed by atoms with Gasteiger partial charge in [0.1, 0.15) is 17.4 Å². The fourth-order valence-electron chi connectivity index (χ4n) is 3.82. The van der Waals surface area contributed by atoms with E-state index in [1.54, 1.807) is 7.11 Å². The maximum Gasteiger partial charge on any atom is 0.225 e. The van der Waals surface area contributed by atoms with Gasteiger partial charge in [-0.2, -0.15) is 0 Å². The molecule has 1 atom stereocenters. The summed E-state index contributed by atoms with van der Waals surface area (Å²) in [6.07, 6.45) is 0.754. The molecule has 0 radical (unpaired) electrons. The number of carbonyl (C=O) groups excluding carboxylic acids is 1. The molecule has 7 heteroatoms. The van der Waals surface area contributed by atoms with Crippen molar-refractivity contribution in [2.24, 2.45) is 0 Å². The first kappa shape index (κ1) is 19.8. The number of nitrogens with zero attached hydrogens (tertiary/aromatic N) is 2. The number of ether oxygens (including phenoxy) is 1. The third-order valence-electron chi connectivity index (χ3n) is 5.43. The van der Waals surface area contributed by atoms with Gasteiger partial charge in [-0.05, 0) is 42.0 Å². The number of hydrogen-bond acceptors (Lipinski definition) is 4. The number of rotatable bonds is 7. The fraction of sp³-hybridized carbons (Fsp3) is 0.160. The first-order valence-corrected chi connectivity index (χ1v) is 10.5. The number of aromatic nitrogens is 4. The molecule has 5 aromatic rings. The predicted molar refractivity (Wildman–Crippen MR) is 123 cm³/mol. The van der Waals surface area contributed by atoms with Crippen molar-refractivity contribution < 1.29 is 9.53 Å². The maximum absolute atomic E-state index is 12.9. The number of benzene rings is 3. The lowest BCUT2D eigenvalue weighted by Crippen LogP contribution is -2.32. The molecule has 1 amide bonds. The van der Waals surface area contributed by atoms with Crippen LogP contribution in [0.4, 0.5) is 0 Å². The summed E-state index contributed by atoms with van der Waals surface area (Å²) >= 11 is 0. The van der Waals surface area contributed by atoms with Crippen molar-refractivity contribution in [3.63, 3.8) is 0 Å². The standard InChI is InChI=1S/C25H23N5O2/c1-32-17-12-10-16(11-13-17)14-24(31)28-22(25-29-20-8-4-5-9-21(20)30-25)15-23-26-18-6-2-3-7-19(18)27-23/h2-13,22H,14-15H2,1H3,(H,26,27)(H,28,31)(H,29,30). The first-order valence-electron chi connectivity index (χ1n) is 10.5. The van der Waals surface area contributed by atoms with E-state index in [1.807, 2.05) is 72.8 Å². The molecule has 0 saturated heterocycles. The minimum atomic E-state index is -0.353. The molecule has 160 valence electrons. The molecule has 2 aromatic heterocycles. The summed E-state index contributed by atoms with van der Waals surface area (Å²) in [5.41, 5.74) is 4.57. The lowest BCUT2D eigenvalue weighted by Gasteiger charge is -2.16. The predicted octanol–water partition coefficient (Wildman–Crippen LogP) is 4.09. The molecule has 0 bridgehead atoms. The van der Waals surface area contributed by atoms with Crippen molar-refractivity contribution in [2.75, 3.05) is 7.11 Å². The van der Waals surface area contributed by atoms with Crippen molar-refractivity contribution in [2.45, 2.75) is 18.9 Å². The number of hydrogen-bond donors (Lipinski definition) is 3. The van der Waals surface area contributed by atoms with Gasteiger partial charge in [0.25, 0.3) is 0 Å². The van der Waals surface area contributed by atoms with E-state index < -0.39 is 0 Å². The van der Waals surface area contributed by atoms with Gasteiger partial charge in [0.15, 0.2) is 0 Å². The van der Waals surface area contributed by atoms with Crippen LogP contribution < -0.4 is 10.1 Å². The summed E-state index contributed by atoms with van der Waals surface area (Å²) in [7, 11) is 1.62. The van der Waals surface area contributed by atoms with Crippen molar-refractivity contribution in [3.8, 4) is 5.75 Å². The molecule has 1 unspecified atom stereocenters. The number of imidazole rings is 2. The van der Waals surface area contributed by atoms with E-state index in [0.29, 0.717) is 12.2 Å². The fourth-order valence-corrected chi connectivity index (χ4v) is 3.82. The second-order valence-corrected chi connectivity index (χ2v) is 7.69. The van der Waals surface area contributed by atoms with Crippen LogP contribution in [-0.4, -0.2) is 33.0 Å². The second kappa shape index (κ2) is 8.55. The number of carbonyl (C=O) groups is 1. The van der Waals surface area contributed by atoms with Crippen LogP contribution in [0.25, 0.3) is 22.1 Å². The summed E-state index contributed by atoms with van der Waals surface area (Å²) in [5, 5.41) is 3.14. The molecular formula is C25H23N5O2. The van der Waals surface area contributed by atoms with Crippen molar-refractivity contribution in [1.82, 2.24) is 25.3 Å². The lowest BCUT2D eigenvalue weighted by atomic mass is 10.1. The van der Waals surface area contributed by atoms with E-state index in [-0.39, 0.29) is 18.4 Å². The molecule has 0 saturated carbocycles. The van der Waals surface area contributed by atoms with Crippen LogP contribution in [0.1, 0.15) is 23.3 Å². The Kier molecular flexibility index (Phi) is 5.29. The van der Waals surface area contributed by atoms with Crippen LogP contribution in [0.5, 0.6) is 5.75 Å². The van der Waals surface area contributed by atoms with Gasteiger partial charge in [-0.3, -0.25) is 4.79 Å². The van der Waals surface area contributed by atoms with Gasteiger partial charge < -0.3 is 20.0 Å². The van der Waals surface area contributed by atoms with Gasteiger partial charge in [-0.15, -0.1) is 0 Å². The van der Waals surface area contributed by atoms with Gasteiger partial charge in [0, 0.05) is 6.42 Å². The van der Waals surface area contributed by atoms with Gasteiger partial charge in [-0.1, -0.05) is 36.4 Å². The number of methoxy groups -OCH3 is 1. The Labute approximate surface area is 184 Å².